The van der Waals surface area contributed by atoms with E-state index in [1.54, 1.807) is 13.0 Å². The summed E-state index contributed by atoms with van der Waals surface area (Å²) in [6.45, 7) is 4.86. The van der Waals surface area contributed by atoms with Crippen LogP contribution in [0.25, 0.3) is 10.9 Å². The van der Waals surface area contributed by atoms with Gasteiger partial charge in [0.1, 0.15) is 6.04 Å². The van der Waals surface area contributed by atoms with E-state index in [2.05, 4.69) is 15.2 Å². The van der Waals surface area contributed by atoms with Crippen molar-refractivity contribution in [2.24, 2.45) is 5.92 Å². The van der Waals surface area contributed by atoms with Crippen LogP contribution in [0, 0.1) is 5.92 Å². The van der Waals surface area contributed by atoms with Crippen molar-refractivity contribution in [1.29, 1.82) is 0 Å². The Hall–Kier alpha value is -2.21. The summed E-state index contributed by atoms with van der Waals surface area (Å²) in [5.74, 6) is 0.406. The molecule has 27 heavy (non-hydrogen) atoms. The van der Waals surface area contributed by atoms with Crippen molar-refractivity contribution in [3.8, 4) is 0 Å². The van der Waals surface area contributed by atoms with Crippen molar-refractivity contribution in [2.75, 3.05) is 19.6 Å². The molecule has 1 aromatic carbocycles. The molecule has 6 heteroatoms. The van der Waals surface area contributed by atoms with Gasteiger partial charge in [0.25, 0.3) is 5.56 Å². The highest BCUT2D eigenvalue weighted by atomic mass is 16.2. The number of rotatable bonds is 4. The van der Waals surface area contributed by atoms with E-state index >= 15 is 0 Å². The Bertz CT molecular complexity index is 876. The number of amides is 1. The second-order valence-corrected chi connectivity index (χ2v) is 7.90. The van der Waals surface area contributed by atoms with Crippen molar-refractivity contribution < 1.29 is 4.79 Å². The molecular weight excluding hydrogens is 340 g/mol. The van der Waals surface area contributed by atoms with Gasteiger partial charge in [-0.05, 0) is 63.7 Å². The maximum atomic E-state index is 12.7. The Labute approximate surface area is 159 Å². The molecule has 2 fully saturated rings. The first kappa shape index (κ1) is 18.2. The summed E-state index contributed by atoms with van der Waals surface area (Å²) in [5.41, 5.74) is 0.491. The minimum atomic E-state index is -0.569. The number of nitrogens with one attached hydrogen (secondary N) is 1. The van der Waals surface area contributed by atoms with Crippen LogP contribution >= 0.6 is 0 Å². The van der Waals surface area contributed by atoms with Gasteiger partial charge in [-0.1, -0.05) is 18.6 Å². The summed E-state index contributed by atoms with van der Waals surface area (Å²) in [4.78, 5) is 32.4. The standard InChI is InChI=1S/C21H28N4O2/c1-15(25-14-23-18-9-3-2-8-17(18)21(25)27)20(26)22-13-16-7-6-12-24-11-5-4-10-19(16)24/h2-3,8-9,14-16,19H,4-7,10-13H2,1H3,(H,22,26)/t15-,16+,19-/m1/s1. The van der Waals surface area contributed by atoms with E-state index in [9.17, 15) is 9.59 Å². The van der Waals surface area contributed by atoms with Crippen LogP contribution in [-0.4, -0.2) is 46.0 Å². The van der Waals surface area contributed by atoms with E-state index < -0.39 is 6.04 Å². The monoisotopic (exact) mass is 368 g/mol. The van der Waals surface area contributed by atoms with Crippen LogP contribution in [0.1, 0.15) is 45.1 Å². The zero-order valence-corrected chi connectivity index (χ0v) is 15.9. The number of nitrogens with zero attached hydrogens (tertiary/aromatic N) is 3. The minimum Gasteiger partial charge on any atom is -0.354 e. The van der Waals surface area contributed by atoms with Gasteiger partial charge in [0.15, 0.2) is 0 Å². The molecular formula is C21H28N4O2. The first-order chi connectivity index (χ1) is 13.1. The quantitative estimate of drug-likeness (QED) is 0.899. The molecule has 1 aromatic heterocycles. The first-order valence-electron chi connectivity index (χ1n) is 10.1. The van der Waals surface area contributed by atoms with Gasteiger partial charge >= 0.3 is 0 Å². The Balaban J connectivity index is 1.44. The SMILES string of the molecule is C[C@H](C(=O)NC[C@@H]1CCCN2CCCC[C@H]12)n1cnc2ccccc2c1=O. The fourth-order valence-corrected chi connectivity index (χ4v) is 4.68. The molecule has 6 nitrogen and oxygen atoms in total. The lowest BCUT2D eigenvalue weighted by Crippen LogP contribution is -2.51. The lowest BCUT2D eigenvalue weighted by atomic mass is 9.83. The Morgan fingerprint density at radius 2 is 2.04 bits per heavy atom. The lowest BCUT2D eigenvalue weighted by molar-refractivity contribution is -0.124. The van der Waals surface area contributed by atoms with Gasteiger partial charge in [-0.2, -0.15) is 0 Å². The normalized spacial score (nSPS) is 24.3. The van der Waals surface area contributed by atoms with Crippen LogP contribution in [0.3, 0.4) is 0 Å². The number of hydrogen-bond acceptors (Lipinski definition) is 4. The molecule has 0 spiro atoms. The summed E-state index contributed by atoms with van der Waals surface area (Å²) < 4.78 is 1.44. The van der Waals surface area contributed by atoms with Gasteiger partial charge in [0.2, 0.25) is 5.91 Å². The van der Waals surface area contributed by atoms with Gasteiger partial charge in [-0.15, -0.1) is 0 Å². The molecule has 0 aliphatic carbocycles. The zero-order valence-electron chi connectivity index (χ0n) is 15.9. The van der Waals surface area contributed by atoms with E-state index in [-0.39, 0.29) is 11.5 Å². The smallest absolute Gasteiger partial charge is 0.261 e. The molecule has 2 aromatic rings. The number of carbonyl (C=O) groups excluding carboxylic acids is 1. The molecule has 2 aliphatic heterocycles. The average Bonchev–Trinajstić information content (AvgIpc) is 2.72. The highest BCUT2D eigenvalue weighted by Crippen LogP contribution is 2.30. The summed E-state index contributed by atoms with van der Waals surface area (Å²) in [6.07, 6.45) is 7.70. The second kappa shape index (κ2) is 7.80. The van der Waals surface area contributed by atoms with Gasteiger partial charge < -0.3 is 10.2 Å². The number of fused-ring (bicyclic) bond motifs is 2. The summed E-state index contributed by atoms with van der Waals surface area (Å²) in [5, 5.41) is 3.65. The zero-order chi connectivity index (χ0) is 18.8. The van der Waals surface area contributed by atoms with Crippen molar-refractivity contribution in [2.45, 2.75) is 51.1 Å². The molecule has 2 aliphatic rings. The summed E-state index contributed by atoms with van der Waals surface area (Å²) >= 11 is 0. The minimum absolute atomic E-state index is 0.109. The number of benzene rings is 1. The van der Waals surface area contributed by atoms with Crippen LogP contribution in [-0.2, 0) is 4.79 Å². The lowest BCUT2D eigenvalue weighted by Gasteiger charge is -2.44. The third-order valence-corrected chi connectivity index (χ3v) is 6.25. The van der Waals surface area contributed by atoms with Crippen LogP contribution in [0.4, 0.5) is 0 Å². The molecule has 1 N–H and O–H groups in total. The van der Waals surface area contributed by atoms with E-state index in [1.165, 1.54) is 56.1 Å². The third kappa shape index (κ3) is 3.63. The van der Waals surface area contributed by atoms with Crippen LogP contribution in [0.15, 0.2) is 35.4 Å². The van der Waals surface area contributed by atoms with Crippen molar-refractivity contribution >= 4 is 16.8 Å². The fourth-order valence-electron chi connectivity index (χ4n) is 4.68. The van der Waals surface area contributed by atoms with E-state index in [4.69, 9.17) is 0 Å². The molecule has 4 rings (SSSR count). The summed E-state index contributed by atoms with van der Waals surface area (Å²) in [7, 11) is 0. The second-order valence-electron chi connectivity index (χ2n) is 7.90. The van der Waals surface area contributed by atoms with Gasteiger partial charge in [-0.3, -0.25) is 14.2 Å². The molecule has 0 radical (unpaired) electrons. The van der Waals surface area contributed by atoms with Crippen LogP contribution < -0.4 is 10.9 Å². The highest BCUT2D eigenvalue weighted by Gasteiger charge is 2.33. The number of piperidine rings is 2. The topological polar surface area (TPSA) is 67.2 Å². The molecule has 3 atom stereocenters. The number of hydrogen-bond donors (Lipinski definition) is 1. The Kier molecular flexibility index (Phi) is 5.25. The van der Waals surface area contributed by atoms with Crippen LogP contribution in [0.5, 0.6) is 0 Å². The third-order valence-electron chi connectivity index (χ3n) is 6.25. The summed E-state index contributed by atoms with van der Waals surface area (Å²) in [6, 6.07) is 7.28. The molecule has 0 unspecified atom stereocenters. The van der Waals surface area contributed by atoms with Gasteiger partial charge in [0.05, 0.1) is 17.2 Å². The Morgan fingerprint density at radius 3 is 2.93 bits per heavy atom. The number of aromatic nitrogens is 2. The highest BCUT2D eigenvalue weighted by molar-refractivity contribution is 5.81. The van der Waals surface area contributed by atoms with Crippen molar-refractivity contribution in [3.63, 3.8) is 0 Å². The Morgan fingerprint density at radius 1 is 1.22 bits per heavy atom. The molecule has 0 saturated carbocycles. The maximum absolute atomic E-state index is 12.7. The van der Waals surface area contributed by atoms with Crippen LogP contribution in [0.2, 0.25) is 0 Å². The van der Waals surface area contributed by atoms with Crippen molar-refractivity contribution in [3.05, 3.63) is 40.9 Å². The fraction of sp³-hybridized carbons (Fsp3) is 0.571. The molecule has 1 amide bonds. The van der Waals surface area contributed by atoms with Crippen molar-refractivity contribution in [1.82, 2.24) is 19.8 Å². The van der Waals surface area contributed by atoms with Gasteiger partial charge in [-0.25, -0.2) is 4.98 Å². The predicted octanol–water partition coefficient (Wildman–Crippen LogP) is 2.34. The predicted molar refractivity (Wildman–Crippen MR) is 106 cm³/mol. The number of carbonyl (C=O) groups is 1. The van der Waals surface area contributed by atoms with Gasteiger partial charge in [0, 0.05) is 12.6 Å². The largest absolute Gasteiger partial charge is 0.354 e. The first-order valence-corrected chi connectivity index (χ1v) is 10.1. The molecule has 2 saturated heterocycles. The van der Waals surface area contributed by atoms with E-state index in [0.717, 1.165) is 0 Å². The molecule has 3 heterocycles. The average molecular weight is 368 g/mol. The van der Waals surface area contributed by atoms with E-state index in [1.807, 2.05) is 18.2 Å². The maximum Gasteiger partial charge on any atom is 0.261 e. The number of para-hydroxylation sites is 1. The molecule has 0 bridgehead atoms. The molecule has 144 valence electrons. The van der Waals surface area contributed by atoms with E-state index in [0.29, 0.717) is 29.4 Å².